The van der Waals surface area contributed by atoms with Crippen molar-refractivity contribution in [3.05, 3.63) is 59.8 Å². The van der Waals surface area contributed by atoms with Crippen LogP contribution in [0.1, 0.15) is 28.9 Å². The Morgan fingerprint density at radius 2 is 2.00 bits per heavy atom. The Hall–Kier alpha value is -2.03. The molecule has 3 heteroatoms. The van der Waals surface area contributed by atoms with E-state index in [1.165, 1.54) is 0 Å². The molecule has 0 saturated heterocycles. The molecular formula is C14H15NO2. The molecule has 0 amide bonds. The number of carbonyl (C=O) groups is 1. The van der Waals surface area contributed by atoms with E-state index >= 15 is 0 Å². The molecule has 17 heavy (non-hydrogen) atoms. The molecule has 0 fully saturated rings. The van der Waals surface area contributed by atoms with Crippen molar-refractivity contribution in [2.24, 2.45) is 0 Å². The zero-order chi connectivity index (χ0) is 12.3. The molecule has 0 saturated carbocycles. The fourth-order valence-corrected chi connectivity index (χ4v) is 1.87. The third-order valence-corrected chi connectivity index (χ3v) is 2.98. The first-order valence-corrected chi connectivity index (χ1v) is 5.61. The summed E-state index contributed by atoms with van der Waals surface area (Å²) in [5.74, 6) is -0.884. The minimum atomic E-state index is -0.884. The van der Waals surface area contributed by atoms with Crippen LogP contribution in [0.5, 0.6) is 0 Å². The van der Waals surface area contributed by atoms with Gasteiger partial charge in [-0.1, -0.05) is 24.3 Å². The van der Waals surface area contributed by atoms with E-state index in [1.807, 2.05) is 24.3 Å². The van der Waals surface area contributed by atoms with Gasteiger partial charge >= 0.3 is 5.97 Å². The summed E-state index contributed by atoms with van der Waals surface area (Å²) in [7, 11) is 0. The van der Waals surface area contributed by atoms with Crippen LogP contribution in [0.3, 0.4) is 0 Å². The monoisotopic (exact) mass is 229 g/mol. The molecule has 0 aliphatic carbocycles. The average molecular weight is 229 g/mol. The van der Waals surface area contributed by atoms with E-state index in [2.05, 4.69) is 24.1 Å². The van der Waals surface area contributed by atoms with E-state index in [-0.39, 0.29) is 6.04 Å². The summed E-state index contributed by atoms with van der Waals surface area (Å²) < 4.78 is 0. The quantitative estimate of drug-likeness (QED) is 0.866. The van der Waals surface area contributed by atoms with Crippen molar-refractivity contribution in [1.29, 1.82) is 0 Å². The van der Waals surface area contributed by atoms with Gasteiger partial charge in [-0.2, -0.15) is 0 Å². The summed E-state index contributed by atoms with van der Waals surface area (Å²) in [6.45, 7) is 3.00. The average Bonchev–Trinajstić information content (AvgIpc) is 2.39. The van der Waals surface area contributed by atoms with Gasteiger partial charge in [0.15, 0.2) is 0 Å². The second kappa shape index (κ2) is 4.87. The van der Waals surface area contributed by atoms with Crippen LogP contribution < -0.4 is 0 Å². The van der Waals surface area contributed by atoms with Gasteiger partial charge in [0.05, 0.1) is 11.6 Å². The highest BCUT2D eigenvalue weighted by atomic mass is 16.4. The van der Waals surface area contributed by atoms with Crippen LogP contribution in [-0.2, 0) is 0 Å². The van der Waals surface area contributed by atoms with Gasteiger partial charge in [-0.3, -0.25) is 0 Å². The molecule has 1 unspecified atom stereocenters. The Balaban J connectivity index is 2.14. The van der Waals surface area contributed by atoms with Crippen molar-refractivity contribution in [2.45, 2.75) is 13.0 Å². The maximum atomic E-state index is 10.8. The highest BCUT2D eigenvalue weighted by molar-refractivity contribution is 5.87. The summed E-state index contributed by atoms with van der Waals surface area (Å²) in [5.41, 5.74) is 1.45. The van der Waals surface area contributed by atoms with E-state index in [4.69, 9.17) is 5.11 Å². The number of aromatic carboxylic acids is 1. The number of hydrogen-bond donors (Lipinski definition) is 1. The molecule has 1 atom stereocenters. The van der Waals surface area contributed by atoms with Crippen molar-refractivity contribution in [3.8, 4) is 0 Å². The van der Waals surface area contributed by atoms with Crippen LogP contribution in [0.4, 0.5) is 0 Å². The lowest BCUT2D eigenvalue weighted by Crippen LogP contribution is -2.22. The van der Waals surface area contributed by atoms with Crippen LogP contribution in [0.25, 0.3) is 0 Å². The first kappa shape index (κ1) is 11.5. The van der Waals surface area contributed by atoms with Crippen molar-refractivity contribution >= 4 is 5.97 Å². The van der Waals surface area contributed by atoms with Crippen LogP contribution >= 0.6 is 0 Å². The van der Waals surface area contributed by atoms with Crippen LogP contribution in [0, 0.1) is 0 Å². The van der Waals surface area contributed by atoms with Gasteiger partial charge in [0.2, 0.25) is 0 Å². The molecule has 0 radical (unpaired) electrons. The number of carboxylic acids is 1. The minimum absolute atomic E-state index is 0.249. The molecule has 3 nitrogen and oxygen atoms in total. The second-order valence-electron chi connectivity index (χ2n) is 4.07. The molecule has 0 spiro atoms. The Bertz CT molecular complexity index is 460. The lowest BCUT2D eigenvalue weighted by Gasteiger charge is -2.28. The fraction of sp³-hybridized carbons (Fsp3) is 0.214. The first-order valence-electron chi connectivity index (χ1n) is 5.61. The molecule has 1 heterocycles. The minimum Gasteiger partial charge on any atom is -0.478 e. The maximum absolute atomic E-state index is 10.8. The summed E-state index contributed by atoms with van der Waals surface area (Å²) in [6, 6.07) is 7.30. The number of carboxylic acid groups (broad SMARTS) is 1. The Kier molecular flexibility index (Phi) is 3.28. The van der Waals surface area contributed by atoms with Crippen molar-refractivity contribution in [2.75, 3.05) is 6.54 Å². The predicted octanol–water partition coefficient (Wildman–Crippen LogP) is 2.83. The molecule has 1 aromatic carbocycles. The third kappa shape index (κ3) is 2.56. The highest BCUT2D eigenvalue weighted by Gasteiger charge is 2.12. The lowest BCUT2D eigenvalue weighted by molar-refractivity contribution is 0.0697. The second-order valence-corrected chi connectivity index (χ2v) is 4.07. The standard InChI is InChI=1S/C14H15NO2/c1-11(15-9-3-2-4-10-15)12-5-7-13(8-6-12)14(16)17/h2-9,11H,10H2,1H3,(H,16,17). The van der Waals surface area contributed by atoms with Gasteiger partial charge in [-0.25, -0.2) is 4.79 Å². The van der Waals surface area contributed by atoms with E-state index in [0.717, 1.165) is 12.1 Å². The van der Waals surface area contributed by atoms with E-state index in [0.29, 0.717) is 5.56 Å². The number of rotatable bonds is 3. The number of nitrogens with zero attached hydrogens (tertiary/aromatic N) is 1. The first-order chi connectivity index (χ1) is 8.18. The topological polar surface area (TPSA) is 40.5 Å². The van der Waals surface area contributed by atoms with E-state index in [9.17, 15) is 4.79 Å². The van der Waals surface area contributed by atoms with E-state index < -0.39 is 5.97 Å². The third-order valence-electron chi connectivity index (χ3n) is 2.98. The molecule has 1 N–H and O–H groups in total. The lowest BCUT2D eigenvalue weighted by atomic mass is 10.0. The molecular weight excluding hydrogens is 214 g/mol. The predicted molar refractivity (Wildman–Crippen MR) is 66.8 cm³/mol. The van der Waals surface area contributed by atoms with Crippen molar-refractivity contribution < 1.29 is 9.90 Å². The SMILES string of the molecule is CC(c1ccc(C(=O)O)cc1)N1C=CC=CC1. The molecule has 0 aromatic heterocycles. The fourth-order valence-electron chi connectivity index (χ4n) is 1.87. The summed E-state index contributed by atoms with van der Waals surface area (Å²) >= 11 is 0. The summed E-state index contributed by atoms with van der Waals surface area (Å²) in [6.07, 6.45) is 8.18. The number of benzene rings is 1. The van der Waals surface area contributed by atoms with Crippen LogP contribution in [0.15, 0.2) is 48.7 Å². The Morgan fingerprint density at radius 3 is 2.53 bits per heavy atom. The van der Waals surface area contributed by atoms with Crippen molar-refractivity contribution in [1.82, 2.24) is 4.90 Å². The molecule has 0 bridgehead atoms. The highest BCUT2D eigenvalue weighted by Crippen LogP contribution is 2.22. The molecule has 2 rings (SSSR count). The Morgan fingerprint density at radius 1 is 1.29 bits per heavy atom. The largest absolute Gasteiger partial charge is 0.478 e. The Labute approximate surface area is 101 Å². The van der Waals surface area contributed by atoms with Gasteiger partial charge in [-0.05, 0) is 36.9 Å². The smallest absolute Gasteiger partial charge is 0.335 e. The van der Waals surface area contributed by atoms with Crippen molar-refractivity contribution in [3.63, 3.8) is 0 Å². The maximum Gasteiger partial charge on any atom is 0.335 e. The number of allylic oxidation sites excluding steroid dienone is 2. The molecule has 1 aromatic rings. The van der Waals surface area contributed by atoms with Crippen LogP contribution in [-0.4, -0.2) is 22.5 Å². The van der Waals surface area contributed by atoms with Gasteiger partial charge in [0.1, 0.15) is 0 Å². The molecule has 1 aliphatic rings. The number of hydrogen-bond acceptors (Lipinski definition) is 2. The zero-order valence-corrected chi connectivity index (χ0v) is 9.71. The molecule has 88 valence electrons. The molecule has 1 aliphatic heterocycles. The normalized spacial score (nSPS) is 15.9. The summed E-state index contributed by atoms with van der Waals surface area (Å²) in [5, 5.41) is 8.83. The van der Waals surface area contributed by atoms with Gasteiger partial charge in [0, 0.05) is 6.54 Å². The van der Waals surface area contributed by atoms with Crippen LogP contribution in [0.2, 0.25) is 0 Å². The summed E-state index contributed by atoms with van der Waals surface area (Å²) in [4.78, 5) is 13.0. The van der Waals surface area contributed by atoms with Gasteiger partial charge in [-0.15, -0.1) is 0 Å². The van der Waals surface area contributed by atoms with E-state index in [1.54, 1.807) is 12.1 Å². The van der Waals surface area contributed by atoms with Gasteiger partial charge in [0.25, 0.3) is 0 Å². The van der Waals surface area contributed by atoms with Gasteiger partial charge < -0.3 is 10.0 Å². The zero-order valence-electron chi connectivity index (χ0n) is 9.71.